The molecule has 1 aromatic heterocycles. The van der Waals surface area contributed by atoms with Gasteiger partial charge in [-0.2, -0.15) is 0 Å². The maximum atomic E-state index is 11.8. The van der Waals surface area contributed by atoms with Crippen LogP contribution in [0.1, 0.15) is 53.2 Å². The first kappa shape index (κ1) is 12.4. The molecule has 0 saturated carbocycles. The van der Waals surface area contributed by atoms with E-state index in [1.165, 1.54) is 10.4 Å². The van der Waals surface area contributed by atoms with Crippen LogP contribution in [0, 0.1) is 19.8 Å². The zero-order chi connectivity index (χ0) is 11.4. The maximum absolute atomic E-state index is 11.8. The van der Waals surface area contributed by atoms with Crippen molar-refractivity contribution in [3.63, 3.8) is 0 Å². The fourth-order valence-corrected chi connectivity index (χ4v) is 2.51. The van der Waals surface area contributed by atoms with E-state index in [4.69, 9.17) is 0 Å². The van der Waals surface area contributed by atoms with Gasteiger partial charge in [0, 0.05) is 11.3 Å². The average molecular weight is 224 g/mol. The van der Waals surface area contributed by atoms with Crippen LogP contribution in [0.25, 0.3) is 0 Å². The third kappa shape index (κ3) is 3.78. The fourth-order valence-electron chi connectivity index (χ4n) is 1.50. The SMILES string of the molecule is Cc1cc(C(=O)CCCC(C)C)sc1C. The van der Waals surface area contributed by atoms with Gasteiger partial charge in [0.15, 0.2) is 5.78 Å². The highest BCUT2D eigenvalue weighted by molar-refractivity contribution is 7.14. The van der Waals surface area contributed by atoms with E-state index in [0.29, 0.717) is 18.1 Å². The third-order valence-corrected chi connectivity index (χ3v) is 3.82. The Kier molecular flexibility index (Phi) is 4.52. The van der Waals surface area contributed by atoms with Gasteiger partial charge >= 0.3 is 0 Å². The number of carbonyl (C=O) groups is 1. The number of hydrogen-bond acceptors (Lipinski definition) is 2. The molecule has 1 aromatic rings. The Morgan fingerprint density at radius 1 is 1.40 bits per heavy atom. The van der Waals surface area contributed by atoms with Gasteiger partial charge in [0.2, 0.25) is 0 Å². The molecule has 1 nitrogen and oxygen atoms in total. The number of thiophene rings is 1. The first-order valence-corrected chi connectivity index (χ1v) is 6.42. The molecular formula is C13H20OS. The van der Waals surface area contributed by atoms with Crippen molar-refractivity contribution in [2.75, 3.05) is 0 Å². The van der Waals surface area contributed by atoms with Gasteiger partial charge in [-0.15, -0.1) is 11.3 Å². The summed E-state index contributed by atoms with van der Waals surface area (Å²) in [4.78, 5) is 14.0. The second kappa shape index (κ2) is 5.45. The minimum atomic E-state index is 0.317. The Morgan fingerprint density at radius 2 is 2.07 bits per heavy atom. The highest BCUT2D eigenvalue weighted by Gasteiger charge is 2.10. The van der Waals surface area contributed by atoms with E-state index in [1.807, 2.05) is 6.07 Å². The molecule has 0 aliphatic rings. The quantitative estimate of drug-likeness (QED) is 0.679. The molecule has 84 valence electrons. The van der Waals surface area contributed by atoms with Crippen molar-refractivity contribution < 1.29 is 4.79 Å². The lowest BCUT2D eigenvalue weighted by Crippen LogP contribution is -1.97. The summed E-state index contributed by atoms with van der Waals surface area (Å²) in [7, 11) is 0. The monoisotopic (exact) mass is 224 g/mol. The highest BCUT2D eigenvalue weighted by atomic mass is 32.1. The summed E-state index contributed by atoms with van der Waals surface area (Å²) in [6, 6.07) is 2.03. The van der Waals surface area contributed by atoms with Crippen molar-refractivity contribution in [2.45, 2.75) is 47.0 Å². The van der Waals surface area contributed by atoms with Crippen molar-refractivity contribution >= 4 is 17.1 Å². The largest absolute Gasteiger partial charge is 0.293 e. The maximum Gasteiger partial charge on any atom is 0.172 e. The minimum absolute atomic E-state index is 0.317. The number of rotatable bonds is 5. The van der Waals surface area contributed by atoms with Gasteiger partial charge in [-0.25, -0.2) is 0 Å². The van der Waals surface area contributed by atoms with Crippen LogP contribution in [0.5, 0.6) is 0 Å². The molecule has 15 heavy (non-hydrogen) atoms. The summed E-state index contributed by atoms with van der Waals surface area (Å²) in [6.45, 7) is 8.54. The van der Waals surface area contributed by atoms with E-state index in [1.54, 1.807) is 11.3 Å². The molecule has 1 rings (SSSR count). The van der Waals surface area contributed by atoms with Crippen LogP contribution < -0.4 is 0 Å². The Morgan fingerprint density at radius 3 is 2.53 bits per heavy atom. The van der Waals surface area contributed by atoms with Crippen LogP contribution in [-0.2, 0) is 0 Å². The number of aryl methyl sites for hydroxylation is 2. The molecular weight excluding hydrogens is 204 g/mol. The van der Waals surface area contributed by atoms with Crippen LogP contribution in [0.15, 0.2) is 6.07 Å². The molecule has 0 fully saturated rings. The number of carbonyl (C=O) groups excluding carboxylic acids is 1. The molecule has 0 aliphatic carbocycles. The van der Waals surface area contributed by atoms with E-state index in [0.717, 1.165) is 17.7 Å². The molecule has 0 atom stereocenters. The Balaban J connectivity index is 2.47. The van der Waals surface area contributed by atoms with Gasteiger partial charge in [-0.1, -0.05) is 20.3 Å². The van der Waals surface area contributed by atoms with Gasteiger partial charge < -0.3 is 0 Å². The van der Waals surface area contributed by atoms with Crippen LogP contribution in [-0.4, -0.2) is 5.78 Å². The topological polar surface area (TPSA) is 17.1 Å². The van der Waals surface area contributed by atoms with Crippen LogP contribution in [0.3, 0.4) is 0 Å². The fraction of sp³-hybridized carbons (Fsp3) is 0.615. The van der Waals surface area contributed by atoms with Crippen molar-refractivity contribution in [1.29, 1.82) is 0 Å². The summed E-state index contributed by atoms with van der Waals surface area (Å²) in [5, 5.41) is 0. The van der Waals surface area contributed by atoms with E-state index in [-0.39, 0.29) is 0 Å². The van der Waals surface area contributed by atoms with E-state index < -0.39 is 0 Å². The highest BCUT2D eigenvalue weighted by Crippen LogP contribution is 2.22. The smallest absolute Gasteiger partial charge is 0.172 e. The lowest BCUT2D eigenvalue weighted by atomic mass is 10.0. The second-order valence-electron chi connectivity index (χ2n) is 4.56. The molecule has 0 radical (unpaired) electrons. The first-order valence-electron chi connectivity index (χ1n) is 5.61. The van der Waals surface area contributed by atoms with Gasteiger partial charge in [0.25, 0.3) is 0 Å². The lowest BCUT2D eigenvalue weighted by Gasteiger charge is -2.02. The van der Waals surface area contributed by atoms with Gasteiger partial charge in [-0.3, -0.25) is 4.79 Å². The normalized spacial score (nSPS) is 11.0. The molecule has 0 unspecified atom stereocenters. The molecule has 2 heteroatoms. The van der Waals surface area contributed by atoms with Crippen molar-refractivity contribution in [2.24, 2.45) is 5.92 Å². The summed E-state index contributed by atoms with van der Waals surface area (Å²) < 4.78 is 0. The van der Waals surface area contributed by atoms with Crippen molar-refractivity contribution in [3.05, 3.63) is 21.4 Å². The van der Waals surface area contributed by atoms with Crippen molar-refractivity contribution in [3.8, 4) is 0 Å². The van der Waals surface area contributed by atoms with Crippen molar-refractivity contribution in [1.82, 2.24) is 0 Å². The molecule has 0 bridgehead atoms. The Bertz CT molecular complexity index is 317. The standard InChI is InChI=1S/C13H20OS/c1-9(2)6-5-7-12(14)13-8-10(3)11(4)15-13/h8-9H,5-7H2,1-4H3. The molecule has 0 spiro atoms. The molecule has 0 amide bonds. The molecule has 0 N–H and O–H groups in total. The summed E-state index contributed by atoms with van der Waals surface area (Å²) in [6.07, 6.45) is 2.87. The lowest BCUT2D eigenvalue weighted by molar-refractivity contribution is 0.0982. The number of hydrogen-bond donors (Lipinski definition) is 0. The first-order chi connectivity index (χ1) is 7.00. The Hall–Kier alpha value is -0.630. The summed E-state index contributed by atoms with van der Waals surface area (Å²) in [5.41, 5.74) is 1.24. The zero-order valence-electron chi connectivity index (χ0n) is 10.1. The van der Waals surface area contributed by atoms with Gasteiger partial charge in [-0.05, 0) is 37.8 Å². The second-order valence-corrected chi connectivity index (χ2v) is 5.82. The zero-order valence-corrected chi connectivity index (χ0v) is 10.9. The molecule has 1 heterocycles. The predicted octanol–water partition coefficient (Wildman–Crippen LogP) is 4.37. The number of Topliss-reactive ketones (excluding diaryl/α,β-unsaturated/α-hetero) is 1. The minimum Gasteiger partial charge on any atom is -0.293 e. The summed E-state index contributed by atoms with van der Waals surface area (Å²) in [5.74, 6) is 1.02. The van der Waals surface area contributed by atoms with E-state index >= 15 is 0 Å². The van der Waals surface area contributed by atoms with Gasteiger partial charge in [0.05, 0.1) is 4.88 Å². The van der Waals surface area contributed by atoms with E-state index in [9.17, 15) is 4.79 Å². The van der Waals surface area contributed by atoms with Crippen LogP contribution >= 0.6 is 11.3 Å². The third-order valence-electron chi connectivity index (χ3n) is 2.63. The molecule has 0 saturated heterocycles. The van der Waals surface area contributed by atoms with Crippen LogP contribution in [0.4, 0.5) is 0 Å². The molecule has 0 aromatic carbocycles. The average Bonchev–Trinajstić information content (AvgIpc) is 2.46. The van der Waals surface area contributed by atoms with Gasteiger partial charge in [0.1, 0.15) is 0 Å². The Labute approximate surface area is 96.5 Å². The predicted molar refractivity (Wildman–Crippen MR) is 66.8 cm³/mol. The van der Waals surface area contributed by atoms with Crippen LogP contribution in [0.2, 0.25) is 0 Å². The van der Waals surface area contributed by atoms with E-state index in [2.05, 4.69) is 27.7 Å². The number of ketones is 1. The summed E-state index contributed by atoms with van der Waals surface area (Å²) >= 11 is 1.63. The molecule has 0 aliphatic heterocycles.